The smallest absolute Gasteiger partial charge is 0.234 e. The summed E-state index contributed by atoms with van der Waals surface area (Å²) in [5.74, 6) is 1.38. The van der Waals surface area contributed by atoms with Crippen LogP contribution in [0.1, 0.15) is 56.2 Å². The summed E-state index contributed by atoms with van der Waals surface area (Å²) in [6.07, 6.45) is 0. The SMILES string of the molecule is COc1ccc(C)cc1-n1nnnc1SCC(=O)Nc1c(C(C)C)cccc1C(C)C. The molecule has 3 rings (SSSR count). The summed E-state index contributed by atoms with van der Waals surface area (Å²) >= 11 is 1.29. The molecule has 0 unspecified atom stereocenters. The second kappa shape index (κ2) is 9.96. The number of aromatic nitrogens is 4. The molecule has 7 nitrogen and oxygen atoms in total. The number of hydrogen-bond acceptors (Lipinski definition) is 6. The van der Waals surface area contributed by atoms with E-state index < -0.39 is 0 Å². The second-order valence-corrected chi connectivity index (χ2v) is 8.95. The van der Waals surface area contributed by atoms with Crippen LogP contribution in [0, 0.1) is 6.92 Å². The molecule has 0 aliphatic rings. The number of tetrazole rings is 1. The van der Waals surface area contributed by atoms with Crippen LogP contribution in [-0.2, 0) is 4.79 Å². The number of benzene rings is 2. The van der Waals surface area contributed by atoms with E-state index in [4.69, 9.17) is 4.74 Å². The van der Waals surface area contributed by atoms with Gasteiger partial charge in [0.05, 0.1) is 12.9 Å². The molecular formula is C23H29N5O2S. The van der Waals surface area contributed by atoms with Crippen LogP contribution in [0.2, 0.25) is 0 Å². The number of thioether (sulfide) groups is 1. The minimum atomic E-state index is -0.0919. The van der Waals surface area contributed by atoms with Crippen LogP contribution in [0.15, 0.2) is 41.6 Å². The molecule has 3 aromatic rings. The minimum absolute atomic E-state index is 0.0919. The predicted molar refractivity (Wildman–Crippen MR) is 124 cm³/mol. The third kappa shape index (κ3) is 5.25. The summed E-state index contributed by atoms with van der Waals surface area (Å²) in [7, 11) is 1.61. The van der Waals surface area contributed by atoms with Crippen LogP contribution in [0.4, 0.5) is 5.69 Å². The zero-order chi connectivity index (χ0) is 22.5. The van der Waals surface area contributed by atoms with Gasteiger partial charge in [0, 0.05) is 5.69 Å². The largest absolute Gasteiger partial charge is 0.494 e. The maximum Gasteiger partial charge on any atom is 0.234 e. The first-order chi connectivity index (χ1) is 14.8. The number of carbonyl (C=O) groups excluding carboxylic acids is 1. The number of nitrogens with zero attached hydrogens (tertiary/aromatic N) is 4. The molecule has 31 heavy (non-hydrogen) atoms. The Labute approximate surface area is 187 Å². The quantitative estimate of drug-likeness (QED) is 0.500. The molecule has 0 aliphatic carbocycles. The Morgan fingerprint density at radius 2 is 1.81 bits per heavy atom. The van der Waals surface area contributed by atoms with Gasteiger partial charge in [0.1, 0.15) is 11.4 Å². The summed E-state index contributed by atoms with van der Waals surface area (Å²) in [5, 5.41) is 15.6. The first-order valence-electron chi connectivity index (χ1n) is 10.3. The van der Waals surface area contributed by atoms with Crippen molar-refractivity contribution in [3.63, 3.8) is 0 Å². The molecule has 8 heteroatoms. The molecule has 0 aliphatic heterocycles. The van der Waals surface area contributed by atoms with Gasteiger partial charge in [0.15, 0.2) is 0 Å². The Hall–Kier alpha value is -2.87. The Bertz CT molecular complexity index is 1040. The van der Waals surface area contributed by atoms with Crippen LogP contribution >= 0.6 is 11.8 Å². The molecule has 0 fully saturated rings. The summed E-state index contributed by atoms with van der Waals surface area (Å²) < 4.78 is 7.05. The van der Waals surface area contributed by atoms with Gasteiger partial charge >= 0.3 is 0 Å². The molecule has 164 valence electrons. The van der Waals surface area contributed by atoms with E-state index in [1.54, 1.807) is 11.8 Å². The Morgan fingerprint density at radius 3 is 2.42 bits per heavy atom. The molecule has 1 amide bonds. The maximum atomic E-state index is 12.8. The maximum absolute atomic E-state index is 12.8. The van der Waals surface area contributed by atoms with Crippen molar-refractivity contribution in [3.8, 4) is 11.4 Å². The second-order valence-electron chi connectivity index (χ2n) is 8.01. The van der Waals surface area contributed by atoms with Crippen LogP contribution < -0.4 is 10.1 Å². The van der Waals surface area contributed by atoms with Gasteiger partial charge < -0.3 is 10.1 Å². The lowest BCUT2D eigenvalue weighted by atomic mass is 9.92. The first kappa shape index (κ1) is 22.8. The minimum Gasteiger partial charge on any atom is -0.494 e. The van der Waals surface area contributed by atoms with Crippen molar-refractivity contribution in [2.75, 3.05) is 18.2 Å². The van der Waals surface area contributed by atoms with Gasteiger partial charge in [-0.3, -0.25) is 4.79 Å². The van der Waals surface area contributed by atoms with E-state index in [1.165, 1.54) is 11.8 Å². The molecule has 1 N–H and O–H groups in total. The van der Waals surface area contributed by atoms with Crippen molar-refractivity contribution in [1.82, 2.24) is 20.2 Å². The van der Waals surface area contributed by atoms with E-state index in [0.29, 0.717) is 22.7 Å². The van der Waals surface area contributed by atoms with Crippen LogP contribution in [0.5, 0.6) is 5.75 Å². The normalized spacial score (nSPS) is 11.2. The zero-order valence-electron chi connectivity index (χ0n) is 18.8. The van der Waals surface area contributed by atoms with Crippen molar-refractivity contribution in [2.24, 2.45) is 0 Å². The van der Waals surface area contributed by atoms with Gasteiger partial charge in [-0.1, -0.05) is 63.7 Å². The summed E-state index contributed by atoms with van der Waals surface area (Å²) in [6, 6.07) is 12.0. The number of hydrogen-bond donors (Lipinski definition) is 1. The highest BCUT2D eigenvalue weighted by Gasteiger charge is 2.18. The lowest BCUT2D eigenvalue weighted by Gasteiger charge is -2.20. The fraction of sp³-hybridized carbons (Fsp3) is 0.391. The van der Waals surface area contributed by atoms with E-state index in [2.05, 4.69) is 66.7 Å². The van der Waals surface area contributed by atoms with Crippen molar-refractivity contribution in [2.45, 2.75) is 51.6 Å². The van der Waals surface area contributed by atoms with Gasteiger partial charge in [-0.25, -0.2) is 0 Å². The molecule has 0 radical (unpaired) electrons. The molecule has 0 saturated heterocycles. The van der Waals surface area contributed by atoms with Crippen molar-refractivity contribution < 1.29 is 9.53 Å². The van der Waals surface area contributed by atoms with Gasteiger partial charge in [-0.2, -0.15) is 4.68 Å². The summed E-state index contributed by atoms with van der Waals surface area (Å²) in [4.78, 5) is 12.8. The zero-order valence-corrected chi connectivity index (χ0v) is 19.7. The monoisotopic (exact) mass is 439 g/mol. The van der Waals surface area contributed by atoms with Gasteiger partial charge in [0.2, 0.25) is 11.1 Å². The molecule has 0 atom stereocenters. The van der Waals surface area contributed by atoms with Crippen molar-refractivity contribution >= 4 is 23.4 Å². The van der Waals surface area contributed by atoms with Gasteiger partial charge in [-0.15, -0.1) is 5.10 Å². The molecule has 1 heterocycles. The van der Waals surface area contributed by atoms with E-state index in [0.717, 1.165) is 28.1 Å². The average molecular weight is 440 g/mol. The number of amides is 1. The standard InChI is InChI=1S/C23H29N5O2S/c1-14(2)17-8-7-9-18(15(3)4)22(17)24-21(29)13-31-23-25-26-27-28(23)19-12-16(5)10-11-20(19)30-6/h7-12,14-15H,13H2,1-6H3,(H,24,29). The molecule has 0 spiro atoms. The van der Waals surface area contributed by atoms with Crippen LogP contribution in [-0.4, -0.2) is 39.0 Å². The number of methoxy groups -OCH3 is 1. The highest BCUT2D eigenvalue weighted by molar-refractivity contribution is 7.99. The Balaban J connectivity index is 1.79. The number of para-hydroxylation sites is 1. The number of rotatable bonds is 8. The third-order valence-electron chi connectivity index (χ3n) is 4.97. The van der Waals surface area contributed by atoms with Crippen molar-refractivity contribution in [3.05, 3.63) is 53.1 Å². The Kier molecular flexibility index (Phi) is 7.33. The number of aryl methyl sites for hydroxylation is 1. The predicted octanol–water partition coefficient (Wildman–Crippen LogP) is 4.96. The molecule has 0 bridgehead atoms. The first-order valence-corrected chi connectivity index (χ1v) is 11.3. The van der Waals surface area contributed by atoms with Crippen LogP contribution in [0.25, 0.3) is 5.69 Å². The third-order valence-corrected chi connectivity index (χ3v) is 5.89. The van der Waals surface area contributed by atoms with Gasteiger partial charge in [-0.05, 0) is 58.0 Å². The summed E-state index contributed by atoms with van der Waals surface area (Å²) in [6.45, 7) is 10.5. The highest BCUT2D eigenvalue weighted by Crippen LogP contribution is 2.33. The number of ether oxygens (including phenoxy) is 1. The number of nitrogens with one attached hydrogen (secondary N) is 1. The van der Waals surface area contributed by atoms with E-state index in [1.807, 2.05) is 25.1 Å². The van der Waals surface area contributed by atoms with E-state index in [-0.39, 0.29) is 11.7 Å². The number of carbonyl (C=O) groups is 1. The summed E-state index contributed by atoms with van der Waals surface area (Å²) in [5.41, 5.74) is 4.99. The Morgan fingerprint density at radius 1 is 1.13 bits per heavy atom. The van der Waals surface area contributed by atoms with Crippen molar-refractivity contribution in [1.29, 1.82) is 0 Å². The lowest BCUT2D eigenvalue weighted by molar-refractivity contribution is -0.113. The average Bonchev–Trinajstić information content (AvgIpc) is 3.20. The number of anilines is 1. The molecule has 0 saturated carbocycles. The molecular weight excluding hydrogens is 410 g/mol. The topological polar surface area (TPSA) is 81.9 Å². The van der Waals surface area contributed by atoms with E-state index >= 15 is 0 Å². The lowest BCUT2D eigenvalue weighted by Crippen LogP contribution is -2.18. The highest BCUT2D eigenvalue weighted by atomic mass is 32.2. The molecule has 1 aromatic heterocycles. The van der Waals surface area contributed by atoms with Gasteiger partial charge in [0.25, 0.3) is 0 Å². The fourth-order valence-corrected chi connectivity index (χ4v) is 4.07. The molecule has 2 aromatic carbocycles. The van der Waals surface area contributed by atoms with E-state index in [9.17, 15) is 4.79 Å². The fourth-order valence-electron chi connectivity index (χ4n) is 3.39. The van der Waals surface area contributed by atoms with Crippen LogP contribution in [0.3, 0.4) is 0 Å².